The molecule has 6 heteroatoms. The number of halogens is 2. The van der Waals surface area contributed by atoms with Gasteiger partial charge in [-0.3, -0.25) is 4.98 Å². The van der Waals surface area contributed by atoms with E-state index >= 15 is 0 Å². The highest BCUT2D eigenvalue weighted by Gasteiger charge is 2.25. The predicted molar refractivity (Wildman–Crippen MR) is 79.7 cm³/mol. The fourth-order valence-electron chi connectivity index (χ4n) is 2.23. The molecule has 1 aliphatic rings. The SMILES string of the molecule is Clc1ccc(N2CCC(Oc3ccncc3Cl)C2)nc1. The molecule has 104 valence electrons. The summed E-state index contributed by atoms with van der Waals surface area (Å²) in [6, 6.07) is 5.55. The molecule has 1 fully saturated rings. The lowest BCUT2D eigenvalue weighted by Gasteiger charge is -2.18. The maximum atomic E-state index is 6.05. The highest BCUT2D eigenvalue weighted by Crippen LogP contribution is 2.27. The molecule has 0 aliphatic carbocycles. The number of pyridine rings is 2. The molecule has 0 amide bonds. The largest absolute Gasteiger partial charge is 0.487 e. The van der Waals surface area contributed by atoms with Crippen LogP contribution in [0.3, 0.4) is 0 Å². The van der Waals surface area contributed by atoms with Crippen molar-refractivity contribution in [3.05, 3.63) is 46.8 Å². The fraction of sp³-hybridized carbons (Fsp3) is 0.286. The zero-order valence-corrected chi connectivity index (χ0v) is 12.2. The van der Waals surface area contributed by atoms with E-state index in [4.69, 9.17) is 27.9 Å². The van der Waals surface area contributed by atoms with Gasteiger partial charge >= 0.3 is 0 Å². The highest BCUT2D eigenvalue weighted by molar-refractivity contribution is 6.31. The summed E-state index contributed by atoms with van der Waals surface area (Å²) in [5.41, 5.74) is 0. The third-order valence-corrected chi connectivity index (χ3v) is 3.72. The fourth-order valence-corrected chi connectivity index (χ4v) is 2.50. The summed E-state index contributed by atoms with van der Waals surface area (Å²) in [6.07, 6.45) is 5.96. The Morgan fingerprint density at radius 1 is 1.20 bits per heavy atom. The Balaban J connectivity index is 1.65. The van der Waals surface area contributed by atoms with Crippen LogP contribution in [0.15, 0.2) is 36.8 Å². The molecule has 2 aromatic heterocycles. The first kappa shape index (κ1) is 13.5. The van der Waals surface area contributed by atoms with Crippen LogP contribution < -0.4 is 9.64 Å². The number of nitrogens with zero attached hydrogens (tertiary/aromatic N) is 3. The molecule has 0 aromatic carbocycles. The molecule has 0 radical (unpaired) electrons. The third kappa shape index (κ3) is 2.97. The predicted octanol–water partition coefficient (Wildman–Crippen LogP) is 3.44. The first-order valence-corrected chi connectivity index (χ1v) is 7.10. The summed E-state index contributed by atoms with van der Waals surface area (Å²) in [6.45, 7) is 1.69. The van der Waals surface area contributed by atoms with Crippen molar-refractivity contribution in [2.24, 2.45) is 0 Å². The van der Waals surface area contributed by atoms with Crippen LogP contribution in [0.5, 0.6) is 5.75 Å². The second kappa shape index (κ2) is 5.85. The van der Waals surface area contributed by atoms with Gasteiger partial charge in [0.2, 0.25) is 0 Å². The molecule has 20 heavy (non-hydrogen) atoms. The van der Waals surface area contributed by atoms with Gasteiger partial charge in [-0.2, -0.15) is 0 Å². The third-order valence-electron chi connectivity index (χ3n) is 3.21. The van der Waals surface area contributed by atoms with Gasteiger partial charge in [0.15, 0.2) is 0 Å². The van der Waals surface area contributed by atoms with Crippen LogP contribution in [0.2, 0.25) is 10.0 Å². The Hall–Kier alpha value is -1.52. The molecule has 4 nitrogen and oxygen atoms in total. The molecule has 3 heterocycles. The molecule has 0 spiro atoms. The molecule has 2 aromatic rings. The molecule has 0 bridgehead atoms. The van der Waals surface area contributed by atoms with E-state index in [0.717, 1.165) is 25.3 Å². The van der Waals surface area contributed by atoms with Crippen molar-refractivity contribution < 1.29 is 4.74 Å². The average molecular weight is 310 g/mol. The van der Waals surface area contributed by atoms with Gasteiger partial charge in [-0.25, -0.2) is 4.98 Å². The Labute approximate surface area is 127 Å². The maximum absolute atomic E-state index is 6.05. The van der Waals surface area contributed by atoms with E-state index in [0.29, 0.717) is 15.8 Å². The number of rotatable bonds is 3. The van der Waals surface area contributed by atoms with Crippen LogP contribution in [-0.4, -0.2) is 29.2 Å². The molecule has 1 saturated heterocycles. The van der Waals surface area contributed by atoms with Gasteiger partial charge in [-0.05, 0) is 12.1 Å². The number of aromatic nitrogens is 2. The quantitative estimate of drug-likeness (QED) is 0.870. The van der Waals surface area contributed by atoms with Crippen LogP contribution in [0.4, 0.5) is 5.82 Å². The van der Waals surface area contributed by atoms with Crippen LogP contribution in [-0.2, 0) is 0 Å². The van der Waals surface area contributed by atoms with Crippen molar-refractivity contribution >= 4 is 29.0 Å². The molecule has 3 rings (SSSR count). The molecular weight excluding hydrogens is 297 g/mol. The highest BCUT2D eigenvalue weighted by atomic mass is 35.5. The lowest BCUT2D eigenvalue weighted by molar-refractivity contribution is 0.225. The first-order valence-electron chi connectivity index (χ1n) is 6.35. The standard InChI is InChI=1S/C14H13Cl2N3O/c15-10-1-2-14(18-7-10)19-6-4-11(9-19)20-13-3-5-17-8-12(13)16/h1-3,5,7-8,11H,4,6,9H2. The summed E-state index contributed by atoms with van der Waals surface area (Å²) in [5.74, 6) is 1.60. The van der Waals surface area contributed by atoms with E-state index in [-0.39, 0.29) is 6.10 Å². The van der Waals surface area contributed by atoms with E-state index in [1.165, 1.54) is 0 Å². The molecule has 1 aliphatic heterocycles. The minimum Gasteiger partial charge on any atom is -0.487 e. The zero-order chi connectivity index (χ0) is 13.9. The second-order valence-corrected chi connectivity index (χ2v) is 5.46. The minimum absolute atomic E-state index is 0.104. The Bertz CT molecular complexity index is 591. The van der Waals surface area contributed by atoms with E-state index in [9.17, 15) is 0 Å². The minimum atomic E-state index is 0.104. The number of ether oxygens (including phenoxy) is 1. The number of hydrogen-bond acceptors (Lipinski definition) is 4. The van der Waals surface area contributed by atoms with Gasteiger partial charge in [0.25, 0.3) is 0 Å². The summed E-state index contributed by atoms with van der Waals surface area (Å²) >= 11 is 11.9. The number of anilines is 1. The van der Waals surface area contributed by atoms with Gasteiger partial charge in [0.1, 0.15) is 22.7 Å². The summed E-state index contributed by atoms with van der Waals surface area (Å²) < 4.78 is 5.91. The van der Waals surface area contributed by atoms with Gasteiger partial charge < -0.3 is 9.64 Å². The average Bonchev–Trinajstić information content (AvgIpc) is 2.91. The monoisotopic (exact) mass is 309 g/mol. The molecule has 1 atom stereocenters. The van der Waals surface area contributed by atoms with Crippen molar-refractivity contribution in [2.75, 3.05) is 18.0 Å². The Kier molecular flexibility index (Phi) is 3.94. The lowest BCUT2D eigenvalue weighted by atomic mass is 10.3. The van der Waals surface area contributed by atoms with Gasteiger partial charge in [0, 0.05) is 37.6 Å². The summed E-state index contributed by atoms with van der Waals surface area (Å²) in [4.78, 5) is 10.4. The van der Waals surface area contributed by atoms with Crippen molar-refractivity contribution in [3.8, 4) is 5.75 Å². The maximum Gasteiger partial charge on any atom is 0.141 e. The van der Waals surface area contributed by atoms with Crippen molar-refractivity contribution in [1.29, 1.82) is 0 Å². The summed E-state index contributed by atoms with van der Waals surface area (Å²) in [5, 5.41) is 1.18. The lowest BCUT2D eigenvalue weighted by Crippen LogP contribution is -2.25. The molecule has 0 N–H and O–H groups in total. The van der Waals surface area contributed by atoms with E-state index < -0.39 is 0 Å². The van der Waals surface area contributed by atoms with Crippen molar-refractivity contribution in [3.63, 3.8) is 0 Å². The number of hydrogen-bond donors (Lipinski definition) is 0. The topological polar surface area (TPSA) is 38.2 Å². The van der Waals surface area contributed by atoms with Gasteiger partial charge in [0.05, 0.1) is 11.6 Å². The van der Waals surface area contributed by atoms with E-state index in [1.807, 2.05) is 12.1 Å². The van der Waals surface area contributed by atoms with E-state index in [2.05, 4.69) is 14.9 Å². The zero-order valence-electron chi connectivity index (χ0n) is 10.7. The van der Waals surface area contributed by atoms with E-state index in [1.54, 1.807) is 24.7 Å². The van der Waals surface area contributed by atoms with Gasteiger partial charge in [-0.15, -0.1) is 0 Å². The Morgan fingerprint density at radius 3 is 2.85 bits per heavy atom. The van der Waals surface area contributed by atoms with Crippen LogP contribution in [0.1, 0.15) is 6.42 Å². The first-order chi connectivity index (χ1) is 9.72. The molecule has 1 unspecified atom stereocenters. The van der Waals surface area contributed by atoms with Crippen molar-refractivity contribution in [1.82, 2.24) is 9.97 Å². The van der Waals surface area contributed by atoms with Gasteiger partial charge in [-0.1, -0.05) is 23.2 Å². The normalized spacial score (nSPS) is 18.3. The van der Waals surface area contributed by atoms with Crippen molar-refractivity contribution in [2.45, 2.75) is 12.5 Å². The van der Waals surface area contributed by atoms with Crippen LogP contribution >= 0.6 is 23.2 Å². The smallest absolute Gasteiger partial charge is 0.141 e. The van der Waals surface area contributed by atoms with Crippen LogP contribution in [0, 0.1) is 0 Å². The Morgan fingerprint density at radius 2 is 2.10 bits per heavy atom. The second-order valence-electron chi connectivity index (χ2n) is 4.62. The molecule has 0 saturated carbocycles. The summed E-state index contributed by atoms with van der Waals surface area (Å²) in [7, 11) is 0. The molecular formula is C14H13Cl2N3O. The van der Waals surface area contributed by atoms with Crippen LogP contribution in [0.25, 0.3) is 0 Å².